The summed E-state index contributed by atoms with van der Waals surface area (Å²) in [6.45, 7) is 1.75. The van der Waals surface area contributed by atoms with Crippen LogP contribution in [0.25, 0.3) is 11.3 Å². The normalized spacial score (nSPS) is 15.1. The number of carbonyl (C=O) groups excluding carboxylic acids is 1. The molecule has 9 heteroatoms. The molecule has 0 bridgehead atoms. The maximum atomic E-state index is 12.6. The van der Waals surface area contributed by atoms with E-state index in [1.807, 2.05) is 18.2 Å². The van der Waals surface area contributed by atoms with Crippen LogP contribution >= 0.6 is 0 Å². The first-order valence-electron chi connectivity index (χ1n) is 9.48. The summed E-state index contributed by atoms with van der Waals surface area (Å²) in [6.07, 6.45) is 4.90. The molecule has 1 aliphatic heterocycles. The highest BCUT2D eigenvalue weighted by Gasteiger charge is 2.26. The second-order valence-electron chi connectivity index (χ2n) is 6.79. The molecule has 0 radical (unpaired) electrons. The van der Waals surface area contributed by atoms with Gasteiger partial charge in [-0.2, -0.15) is 4.31 Å². The number of ether oxygens (including phenoxy) is 1. The van der Waals surface area contributed by atoms with Gasteiger partial charge in [0.25, 0.3) is 5.91 Å². The second kappa shape index (κ2) is 8.78. The average molecular weight is 427 g/mol. The Balaban J connectivity index is 1.37. The molecule has 1 saturated heterocycles. The molecule has 1 amide bonds. The lowest BCUT2D eigenvalue weighted by Gasteiger charge is -2.26. The van der Waals surface area contributed by atoms with Gasteiger partial charge in [0.1, 0.15) is 0 Å². The van der Waals surface area contributed by atoms with Crippen LogP contribution in [0.3, 0.4) is 0 Å². The Kier molecular flexibility index (Phi) is 5.93. The lowest BCUT2D eigenvalue weighted by atomic mass is 10.2. The molecule has 0 unspecified atom stereocenters. The molecule has 1 N–H and O–H groups in total. The van der Waals surface area contributed by atoms with Crippen LogP contribution in [0, 0.1) is 0 Å². The second-order valence-corrected chi connectivity index (χ2v) is 8.73. The number of nitrogens with one attached hydrogen (secondary N) is 1. The number of hydrogen-bond donors (Lipinski definition) is 1. The first kappa shape index (κ1) is 20.3. The zero-order chi connectivity index (χ0) is 21.0. The third-order valence-corrected chi connectivity index (χ3v) is 6.73. The van der Waals surface area contributed by atoms with Crippen molar-refractivity contribution in [3.63, 3.8) is 0 Å². The topological polar surface area (TPSA) is 102 Å². The van der Waals surface area contributed by atoms with Gasteiger partial charge in [0.2, 0.25) is 10.0 Å². The monoisotopic (exact) mass is 427 g/mol. The lowest BCUT2D eigenvalue weighted by molar-refractivity contribution is 0.0730. The molecule has 156 valence electrons. The summed E-state index contributed by atoms with van der Waals surface area (Å²) < 4.78 is 36.9. The van der Waals surface area contributed by atoms with Crippen LogP contribution in [0.4, 0.5) is 0 Å². The van der Waals surface area contributed by atoms with Crippen molar-refractivity contribution >= 4 is 15.9 Å². The van der Waals surface area contributed by atoms with E-state index in [1.54, 1.807) is 18.7 Å². The van der Waals surface area contributed by atoms with E-state index in [4.69, 9.17) is 9.15 Å². The highest BCUT2D eigenvalue weighted by molar-refractivity contribution is 7.89. The molecule has 30 heavy (non-hydrogen) atoms. The number of amides is 1. The summed E-state index contributed by atoms with van der Waals surface area (Å²) >= 11 is 0. The van der Waals surface area contributed by atoms with Crippen molar-refractivity contribution in [2.75, 3.05) is 26.3 Å². The fourth-order valence-electron chi connectivity index (χ4n) is 3.11. The van der Waals surface area contributed by atoms with Crippen LogP contribution in [-0.2, 0) is 21.3 Å². The van der Waals surface area contributed by atoms with Gasteiger partial charge < -0.3 is 14.5 Å². The van der Waals surface area contributed by atoms with Crippen molar-refractivity contribution in [2.24, 2.45) is 0 Å². The van der Waals surface area contributed by atoms with E-state index >= 15 is 0 Å². The summed E-state index contributed by atoms with van der Waals surface area (Å²) in [6, 6.07) is 11.5. The zero-order valence-electron chi connectivity index (χ0n) is 16.2. The molecule has 4 rings (SSSR count). The number of aromatic nitrogens is 1. The van der Waals surface area contributed by atoms with E-state index < -0.39 is 10.0 Å². The Bertz CT molecular complexity index is 1090. The minimum Gasteiger partial charge on any atom is -0.472 e. The fraction of sp³-hybridized carbons (Fsp3) is 0.238. The first-order valence-corrected chi connectivity index (χ1v) is 10.9. The summed E-state index contributed by atoms with van der Waals surface area (Å²) in [5, 5.41) is 2.82. The third-order valence-electron chi connectivity index (χ3n) is 4.82. The minimum atomic E-state index is -3.58. The van der Waals surface area contributed by atoms with Gasteiger partial charge in [-0.15, -0.1) is 0 Å². The number of rotatable bonds is 6. The number of pyridine rings is 1. The number of sulfonamides is 1. The van der Waals surface area contributed by atoms with Crippen LogP contribution in [0.5, 0.6) is 0 Å². The molecule has 1 aromatic carbocycles. The molecular weight excluding hydrogens is 406 g/mol. The molecule has 1 aliphatic rings. The van der Waals surface area contributed by atoms with Gasteiger partial charge in [0.05, 0.1) is 36.3 Å². The van der Waals surface area contributed by atoms with Crippen molar-refractivity contribution in [3.8, 4) is 11.3 Å². The summed E-state index contributed by atoms with van der Waals surface area (Å²) in [5.74, 6) is -0.288. The molecule has 1 fully saturated rings. The molecule has 2 aromatic heterocycles. The number of hydrogen-bond acceptors (Lipinski definition) is 6. The SMILES string of the molecule is O=C(NCc1ccc(-c2ccoc2)nc1)c1ccc(S(=O)(=O)N2CCOCC2)cc1. The minimum absolute atomic E-state index is 0.167. The summed E-state index contributed by atoms with van der Waals surface area (Å²) in [5.41, 5.74) is 2.91. The quantitative estimate of drug-likeness (QED) is 0.648. The summed E-state index contributed by atoms with van der Waals surface area (Å²) in [7, 11) is -3.58. The highest BCUT2D eigenvalue weighted by Crippen LogP contribution is 2.19. The van der Waals surface area contributed by atoms with Gasteiger partial charge in [-0.25, -0.2) is 8.42 Å². The van der Waals surface area contributed by atoms with Crippen molar-refractivity contribution < 1.29 is 22.4 Å². The van der Waals surface area contributed by atoms with Crippen LogP contribution in [0.15, 0.2) is 70.5 Å². The zero-order valence-corrected chi connectivity index (χ0v) is 17.0. The molecule has 0 spiro atoms. The first-order chi connectivity index (χ1) is 14.5. The van der Waals surface area contributed by atoms with Gasteiger partial charge in [-0.05, 0) is 42.0 Å². The van der Waals surface area contributed by atoms with Crippen LogP contribution in [-0.4, -0.2) is 49.9 Å². The van der Waals surface area contributed by atoms with E-state index in [2.05, 4.69) is 10.3 Å². The molecule has 0 aliphatic carbocycles. The molecule has 3 aromatic rings. The molecule has 0 atom stereocenters. The number of furan rings is 1. The van der Waals surface area contributed by atoms with Gasteiger partial charge in [0.15, 0.2) is 0 Å². The van der Waals surface area contributed by atoms with E-state index in [9.17, 15) is 13.2 Å². The fourth-order valence-corrected chi connectivity index (χ4v) is 4.52. The average Bonchev–Trinajstić information content (AvgIpc) is 3.33. The largest absolute Gasteiger partial charge is 0.472 e. The van der Waals surface area contributed by atoms with E-state index in [0.717, 1.165) is 16.8 Å². The van der Waals surface area contributed by atoms with Crippen molar-refractivity contribution in [1.29, 1.82) is 0 Å². The van der Waals surface area contributed by atoms with Gasteiger partial charge in [-0.1, -0.05) is 6.07 Å². The van der Waals surface area contributed by atoms with E-state index in [-0.39, 0.29) is 10.8 Å². The van der Waals surface area contributed by atoms with Gasteiger partial charge >= 0.3 is 0 Å². The predicted molar refractivity (Wildman–Crippen MR) is 109 cm³/mol. The Morgan fingerprint density at radius 3 is 2.47 bits per heavy atom. The van der Waals surface area contributed by atoms with Gasteiger partial charge in [0, 0.05) is 37.0 Å². The number of carbonyl (C=O) groups is 1. The number of nitrogens with zero attached hydrogens (tertiary/aromatic N) is 2. The highest BCUT2D eigenvalue weighted by atomic mass is 32.2. The van der Waals surface area contributed by atoms with Crippen molar-refractivity contribution in [2.45, 2.75) is 11.4 Å². The van der Waals surface area contributed by atoms with Crippen molar-refractivity contribution in [1.82, 2.24) is 14.6 Å². The number of benzene rings is 1. The molecule has 8 nitrogen and oxygen atoms in total. The van der Waals surface area contributed by atoms with Crippen LogP contribution in [0.1, 0.15) is 15.9 Å². The van der Waals surface area contributed by atoms with Crippen molar-refractivity contribution in [3.05, 3.63) is 72.3 Å². The number of morpholine rings is 1. The lowest BCUT2D eigenvalue weighted by Crippen LogP contribution is -2.40. The molecule has 0 saturated carbocycles. The maximum Gasteiger partial charge on any atom is 0.251 e. The smallest absolute Gasteiger partial charge is 0.251 e. The molecule has 3 heterocycles. The molecular formula is C21H21N3O5S. The Morgan fingerprint density at radius 1 is 1.07 bits per heavy atom. The maximum absolute atomic E-state index is 12.6. The Hall–Kier alpha value is -3.01. The summed E-state index contributed by atoms with van der Waals surface area (Å²) in [4.78, 5) is 16.9. The predicted octanol–water partition coefficient (Wildman–Crippen LogP) is 2.29. The van der Waals surface area contributed by atoms with Crippen LogP contribution < -0.4 is 5.32 Å². The van der Waals surface area contributed by atoms with E-state index in [1.165, 1.54) is 28.6 Å². The standard InChI is InChI=1S/C21H21N3O5S/c25-21(23-14-16-1-6-20(22-13-16)18-7-10-29-15-18)17-2-4-19(5-3-17)30(26,27)24-8-11-28-12-9-24/h1-7,10,13,15H,8-9,11-12,14H2,(H,23,25). The van der Waals surface area contributed by atoms with E-state index in [0.29, 0.717) is 38.4 Å². The van der Waals surface area contributed by atoms with Gasteiger partial charge in [-0.3, -0.25) is 9.78 Å². The Labute approximate surface area is 174 Å². The Morgan fingerprint density at radius 2 is 1.83 bits per heavy atom. The third kappa shape index (κ3) is 4.43. The van der Waals surface area contributed by atoms with Crippen LogP contribution in [0.2, 0.25) is 0 Å².